The molecule has 0 aromatic heterocycles. The Morgan fingerprint density at radius 1 is 0.958 bits per heavy atom. The summed E-state index contributed by atoms with van der Waals surface area (Å²) in [6.45, 7) is 4.28. The standard InChI is InChI=1S/C14H21NO9/c1-6(16)15-11-13(23-9(4)19)12(22-8(3)18)10(24-14(11)20)5-21-7(2)17/h10-14,20H,5H2,1-4H3,(H,15,16)/t10?,11-,12?,13?,14-/m1/s1. The maximum atomic E-state index is 11.4. The summed E-state index contributed by atoms with van der Waals surface area (Å²) in [5.74, 6) is -2.54. The van der Waals surface area contributed by atoms with Crippen molar-refractivity contribution in [2.24, 2.45) is 0 Å². The molecule has 1 fully saturated rings. The Morgan fingerprint density at radius 2 is 1.50 bits per heavy atom. The van der Waals surface area contributed by atoms with E-state index in [0.717, 1.165) is 13.8 Å². The number of hydrogen-bond acceptors (Lipinski definition) is 9. The van der Waals surface area contributed by atoms with E-state index in [0.29, 0.717) is 0 Å². The van der Waals surface area contributed by atoms with Crippen LogP contribution in [0.3, 0.4) is 0 Å². The lowest BCUT2D eigenvalue weighted by Crippen LogP contribution is -2.66. The SMILES string of the molecule is CC(=O)N[C@@H]1C(OC(C)=O)C(OC(C)=O)C(COC(C)=O)O[C@H]1O. The number of hydrogen-bond donors (Lipinski definition) is 2. The first-order valence-corrected chi connectivity index (χ1v) is 7.20. The van der Waals surface area contributed by atoms with Gasteiger partial charge in [-0.3, -0.25) is 19.2 Å². The monoisotopic (exact) mass is 347 g/mol. The fraction of sp³-hybridized carbons (Fsp3) is 0.714. The summed E-state index contributed by atoms with van der Waals surface area (Å²) < 4.78 is 20.3. The largest absolute Gasteiger partial charge is 0.463 e. The lowest BCUT2D eigenvalue weighted by atomic mass is 9.96. The molecule has 0 aromatic carbocycles. The van der Waals surface area contributed by atoms with Crippen molar-refractivity contribution in [3.63, 3.8) is 0 Å². The van der Waals surface area contributed by atoms with Crippen molar-refractivity contribution in [2.75, 3.05) is 6.61 Å². The van der Waals surface area contributed by atoms with Gasteiger partial charge in [0.05, 0.1) is 0 Å². The van der Waals surface area contributed by atoms with Crippen molar-refractivity contribution >= 4 is 23.8 Å². The molecule has 10 heteroatoms. The van der Waals surface area contributed by atoms with Crippen molar-refractivity contribution in [2.45, 2.75) is 58.3 Å². The van der Waals surface area contributed by atoms with Crippen LogP contribution >= 0.6 is 0 Å². The smallest absolute Gasteiger partial charge is 0.303 e. The normalized spacial score (nSPS) is 29.3. The van der Waals surface area contributed by atoms with E-state index in [2.05, 4.69) is 5.32 Å². The number of carbonyl (C=O) groups excluding carboxylic acids is 4. The Labute approximate surface area is 138 Å². The topological polar surface area (TPSA) is 137 Å². The minimum atomic E-state index is -1.56. The average Bonchev–Trinajstić information content (AvgIpc) is 2.42. The van der Waals surface area contributed by atoms with Gasteiger partial charge in [0.25, 0.3) is 0 Å². The van der Waals surface area contributed by atoms with Crippen LogP contribution in [0.15, 0.2) is 0 Å². The molecular weight excluding hydrogens is 326 g/mol. The second-order valence-corrected chi connectivity index (χ2v) is 5.24. The van der Waals surface area contributed by atoms with Gasteiger partial charge in [-0.2, -0.15) is 0 Å². The molecule has 0 spiro atoms. The summed E-state index contributed by atoms with van der Waals surface area (Å²) in [5.41, 5.74) is 0. The predicted molar refractivity (Wildman–Crippen MR) is 76.2 cm³/mol. The fourth-order valence-corrected chi connectivity index (χ4v) is 2.31. The number of aliphatic hydroxyl groups excluding tert-OH is 1. The van der Waals surface area contributed by atoms with Gasteiger partial charge >= 0.3 is 17.9 Å². The molecule has 136 valence electrons. The van der Waals surface area contributed by atoms with Gasteiger partial charge in [-0.05, 0) is 0 Å². The van der Waals surface area contributed by atoms with Crippen LogP contribution in [0.1, 0.15) is 27.7 Å². The van der Waals surface area contributed by atoms with E-state index in [4.69, 9.17) is 18.9 Å². The molecule has 0 aromatic rings. The van der Waals surface area contributed by atoms with Crippen LogP contribution in [0, 0.1) is 0 Å². The molecule has 0 aliphatic carbocycles. The maximum Gasteiger partial charge on any atom is 0.303 e. The second-order valence-electron chi connectivity index (χ2n) is 5.24. The lowest BCUT2D eigenvalue weighted by molar-refractivity contribution is -0.264. The second kappa shape index (κ2) is 8.60. The average molecular weight is 347 g/mol. The van der Waals surface area contributed by atoms with Crippen molar-refractivity contribution in [3.05, 3.63) is 0 Å². The van der Waals surface area contributed by atoms with E-state index in [1.54, 1.807) is 0 Å². The highest BCUT2D eigenvalue weighted by atomic mass is 16.7. The fourth-order valence-electron chi connectivity index (χ4n) is 2.31. The zero-order valence-electron chi connectivity index (χ0n) is 13.8. The van der Waals surface area contributed by atoms with E-state index >= 15 is 0 Å². The number of esters is 3. The molecule has 24 heavy (non-hydrogen) atoms. The Bertz CT molecular complexity index is 506. The summed E-state index contributed by atoms with van der Waals surface area (Å²) in [4.78, 5) is 45.0. The first kappa shape index (κ1) is 19.8. The van der Waals surface area contributed by atoms with Gasteiger partial charge in [-0.15, -0.1) is 0 Å². The number of nitrogens with one attached hydrogen (secondary N) is 1. The van der Waals surface area contributed by atoms with Gasteiger partial charge in [0.2, 0.25) is 5.91 Å². The first-order valence-electron chi connectivity index (χ1n) is 7.20. The molecule has 3 unspecified atom stereocenters. The summed E-state index contributed by atoms with van der Waals surface area (Å²) in [7, 11) is 0. The number of rotatable bonds is 5. The van der Waals surface area contributed by atoms with Crippen molar-refractivity contribution < 1.29 is 43.2 Å². The van der Waals surface area contributed by atoms with E-state index in [9.17, 15) is 24.3 Å². The molecule has 5 atom stereocenters. The summed E-state index contributed by atoms with van der Waals surface area (Å²) in [5, 5.41) is 12.5. The molecule has 1 heterocycles. The highest BCUT2D eigenvalue weighted by molar-refractivity contribution is 5.73. The van der Waals surface area contributed by atoms with Gasteiger partial charge in [-0.25, -0.2) is 0 Å². The van der Waals surface area contributed by atoms with E-state index < -0.39 is 54.5 Å². The van der Waals surface area contributed by atoms with Gasteiger partial charge in [-0.1, -0.05) is 0 Å². The summed E-state index contributed by atoms with van der Waals surface area (Å²) in [6, 6.07) is -1.16. The maximum absolute atomic E-state index is 11.4. The van der Waals surface area contributed by atoms with E-state index in [1.807, 2.05) is 0 Å². The van der Waals surface area contributed by atoms with Crippen LogP contribution in [0.2, 0.25) is 0 Å². The molecule has 1 amide bonds. The van der Waals surface area contributed by atoms with Crippen LogP contribution in [-0.2, 0) is 38.1 Å². The minimum absolute atomic E-state index is 0.338. The zero-order valence-corrected chi connectivity index (χ0v) is 13.8. The molecule has 1 aliphatic heterocycles. The molecule has 0 radical (unpaired) electrons. The van der Waals surface area contributed by atoms with Gasteiger partial charge in [0.15, 0.2) is 18.5 Å². The van der Waals surface area contributed by atoms with Crippen LogP contribution in [0.4, 0.5) is 0 Å². The third kappa shape index (κ3) is 5.78. The van der Waals surface area contributed by atoms with Crippen molar-refractivity contribution in [1.29, 1.82) is 0 Å². The Hall–Kier alpha value is -2.20. The molecule has 1 saturated heterocycles. The molecule has 1 rings (SSSR count). The quantitative estimate of drug-likeness (QED) is 0.456. The summed E-state index contributed by atoms with van der Waals surface area (Å²) in [6.07, 6.45) is -5.06. The molecule has 0 saturated carbocycles. The summed E-state index contributed by atoms with van der Waals surface area (Å²) >= 11 is 0. The molecule has 10 nitrogen and oxygen atoms in total. The first-order chi connectivity index (χ1) is 11.1. The molecule has 1 aliphatic rings. The molecule has 2 N–H and O–H groups in total. The number of aliphatic hydroxyl groups is 1. The minimum Gasteiger partial charge on any atom is -0.463 e. The molecule has 0 bridgehead atoms. The van der Waals surface area contributed by atoms with E-state index in [-0.39, 0.29) is 6.61 Å². The highest BCUT2D eigenvalue weighted by Crippen LogP contribution is 2.26. The number of ether oxygens (including phenoxy) is 4. The van der Waals surface area contributed by atoms with Gasteiger partial charge in [0.1, 0.15) is 18.8 Å². The Balaban J connectivity index is 3.11. The third-order valence-corrected chi connectivity index (χ3v) is 3.09. The third-order valence-electron chi connectivity index (χ3n) is 3.09. The van der Waals surface area contributed by atoms with Crippen LogP contribution in [0.5, 0.6) is 0 Å². The van der Waals surface area contributed by atoms with Gasteiger partial charge < -0.3 is 29.4 Å². The highest BCUT2D eigenvalue weighted by Gasteiger charge is 2.50. The van der Waals surface area contributed by atoms with Crippen molar-refractivity contribution in [3.8, 4) is 0 Å². The molecular formula is C14H21NO9. The van der Waals surface area contributed by atoms with Gasteiger partial charge in [0, 0.05) is 27.7 Å². The van der Waals surface area contributed by atoms with Crippen molar-refractivity contribution in [1.82, 2.24) is 5.32 Å². The van der Waals surface area contributed by atoms with Crippen LogP contribution in [0.25, 0.3) is 0 Å². The van der Waals surface area contributed by atoms with E-state index in [1.165, 1.54) is 13.8 Å². The number of amides is 1. The lowest BCUT2D eigenvalue weighted by Gasteiger charge is -2.43. The predicted octanol–water partition coefficient (Wildman–Crippen LogP) is -1.37. The zero-order chi connectivity index (χ0) is 18.4. The Morgan fingerprint density at radius 3 is 1.96 bits per heavy atom. The van der Waals surface area contributed by atoms with Crippen LogP contribution in [-0.4, -0.2) is 66.2 Å². The van der Waals surface area contributed by atoms with Crippen LogP contribution < -0.4 is 5.32 Å². The number of carbonyl (C=O) groups is 4. The Kier molecular flexibility index (Phi) is 7.11.